The molecule has 0 unspecified atom stereocenters. The van der Waals surface area contributed by atoms with E-state index in [0.717, 1.165) is 39.8 Å². The molecule has 3 aromatic carbocycles. The standard InChI is InChI=1S/C24H20ClNO3/c1-28-22-10-11-24-23(12-22)19(15-27)14-26(24)13-17-4-8-21(9-5-17)29-16-18-2-6-20(25)7-3-18/h2-12,14-15H,13,16H2,1H3. The molecule has 4 aromatic rings. The average molecular weight is 406 g/mol. The van der Waals surface area contributed by atoms with E-state index in [9.17, 15) is 4.79 Å². The molecule has 0 bridgehead atoms. The van der Waals surface area contributed by atoms with Gasteiger partial charge in [0.15, 0.2) is 6.29 Å². The van der Waals surface area contributed by atoms with E-state index in [0.29, 0.717) is 23.7 Å². The molecule has 0 aliphatic carbocycles. The summed E-state index contributed by atoms with van der Waals surface area (Å²) in [6, 6.07) is 21.4. The summed E-state index contributed by atoms with van der Waals surface area (Å²) in [5, 5.41) is 1.61. The van der Waals surface area contributed by atoms with Gasteiger partial charge in [0.1, 0.15) is 18.1 Å². The summed E-state index contributed by atoms with van der Waals surface area (Å²) < 4.78 is 13.2. The number of nitrogens with zero attached hydrogens (tertiary/aromatic N) is 1. The highest BCUT2D eigenvalue weighted by Crippen LogP contribution is 2.26. The largest absolute Gasteiger partial charge is 0.497 e. The number of fused-ring (bicyclic) bond motifs is 1. The summed E-state index contributed by atoms with van der Waals surface area (Å²) in [7, 11) is 1.62. The van der Waals surface area contributed by atoms with Crippen LogP contribution in [0.4, 0.5) is 0 Å². The summed E-state index contributed by atoms with van der Waals surface area (Å²) >= 11 is 5.91. The molecule has 0 fully saturated rings. The fourth-order valence-electron chi connectivity index (χ4n) is 3.29. The first-order valence-corrected chi connectivity index (χ1v) is 9.62. The van der Waals surface area contributed by atoms with Crippen molar-refractivity contribution in [3.8, 4) is 11.5 Å². The van der Waals surface area contributed by atoms with Gasteiger partial charge in [0.2, 0.25) is 0 Å². The number of rotatable bonds is 7. The zero-order valence-electron chi connectivity index (χ0n) is 16.0. The average Bonchev–Trinajstić information content (AvgIpc) is 3.11. The van der Waals surface area contributed by atoms with Crippen molar-refractivity contribution in [3.63, 3.8) is 0 Å². The predicted molar refractivity (Wildman–Crippen MR) is 115 cm³/mol. The molecule has 0 radical (unpaired) electrons. The minimum absolute atomic E-state index is 0.489. The first kappa shape index (κ1) is 19.1. The van der Waals surface area contributed by atoms with Crippen LogP contribution in [-0.2, 0) is 13.2 Å². The fraction of sp³-hybridized carbons (Fsp3) is 0.125. The fourth-order valence-corrected chi connectivity index (χ4v) is 3.42. The van der Waals surface area contributed by atoms with Gasteiger partial charge in [-0.05, 0) is 53.6 Å². The SMILES string of the molecule is COc1ccc2c(c1)c(C=O)cn2Cc1ccc(OCc2ccc(Cl)cc2)cc1. The molecule has 4 rings (SSSR count). The summed E-state index contributed by atoms with van der Waals surface area (Å²) in [5.41, 5.74) is 3.83. The molecule has 0 aliphatic heterocycles. The quantitative estimate of drug-likeness (QED) is 0.368. The van der Waals surface area contributed by atoms with Crippen molar-refractivity contribution in [2.45, 2.75) is 13.2 Å². The van der Waals surface area contributed by atoms with E-state index in [1.807, 2.05) is 72.9 Å². The second-order valence-corrected chi connectivity index (χ2v) is 7.21. The Kier molecular flexibility index (Phi) is 5.54. The predicted octanol–water partition coefficient (Wildman–Crippen LogP) is 5.74. The van der Waals surface area contributed by atoms with E-state index in [-0.39, 0.29) is 0 Å². The maximum Gasteiger partial charge on any atom is 0.152 e. The number of aldehydes is 1. The molecule has 0 amide bonds. The second kappa shape index (κ2) is 8.41. The van der Waals surface area contributed by atoms with Gasteiger partial charge < -0.3 is 14.0 Å². The summed E-state index contributed by atoms with van der Waals surface area (Å²) in [5.74, 6) is 1.54. The minimum atomic E-state index is 0.489. The molecule has 0 aliphatic rings. The topological polar surface area (TPSA) is 40.5 Å². The number of methoxy groups -OCH3 is 1. The van der Waals surface area contributed by atoms with Crippen LogP contribution in [0.2, 0.25) is 5.02 Å². The minimum Gasteiger partial charge on any atom is -0.497 e. The van der Waals surface area contributed by atoms with Gasteiger partial charge in [0.05, 0.1) is 7.11 Å². The van der Waals surface area contributed by atoms with Crippen molar-refractivity contribution < 1.29 is 14.3 Å². The van der Waals surface area contributed by atoms with E-state index in [1.54, 1.807) is 7.11 Å². The molecule has 0 saturated carbocycles. The van der Waals surface area contributed by atoms with Crippen LogP contribution in [0.1, 0.15) is 21.5 Å². The van der Waals surface area contributed by atoms with Gasteiger partial charge in [-0.3, -0.25) is 4.79 Å². The van der Waals surface area contributed by atoms with E-state index in [2.05, 4.69) is 4.57 Å². The lowest BCUT2D eigenvalue weighted by molar-refractivity contribution is 0.112. The van der Waals surface area contributed by atoms with E-state index in [1.165, 1.54) is 0 Å². The Morgan fingerprint density at radius 3 is 2.31 bits per heavy atom. The van der Waals surface area contributed by atoms with Gasteiger partial charge in [0.25, 0.3) is 0 Å². The number of halogens is 1. The third-order valence-corrected chi connectivity index (χ3v) is 5.09. The molecule has 146 valence electrons. The zero-order chi connectivity index (χ0) is 20.2. The lowest BCUT2D eigenvalue weighted by Crippen LogP contribution is -1.99. The van der Waals surface area contributed by atoms with Crippen LogP contribution >= 0.6 is 11.6 Å². The molecule has 0 atom stereocenters. The Hall–Kier alpha value is -3.24. The monoisotopic (exact) mass is 405 g/mol. The second-order valence-electron chi connectivity index (χ2n) is 6.77. The van der Waals surface area contributed by atoms with Crippen LogP contribution in [0.25, 0.3) is 10.9 Å². The van der Waals surface area contributed by atoms with Crippen molar-refractivity contribution in [2.75, 3.05) is 7.11 Å². The molecule has 1 heterocycles. The maximum atomic E-state index is 11.5. The van der Waals surface area contributed by atoms with Crippen LogP contribution in [0.15, 0.2) is 72.9 Å². The lowest BCUT2D eigenvalue weighted by atomic mass is 10.2. The van der Waals surface area contributed by atoms with Crippen LogP contribution in [0.3, 0.4) is 0 Å². The van der Waals surface area contributed by atoms with Crippen molar-refractivity contribution in [1.82, 2.24) is 4.57 Å². The number of carbonyl (C=O) groups excluding carboxylic acids is 1. The third kappa shape index (κ3) is 4.28. The lowest BCUT2D eigenvalue weighted by Gasteiger charge is -2.09. The molecule has 0 N–H and O–H groups in total. The normalized spacial score (nSPS) is 10.8. The molecule has 1 aromatic heterocycles. The summed E-state index contributed by atoms with van der Waals surface area (Å²) in [4.78, 5) is 11.5. The number of carbonyl (C=O) groups is 1. The van der Waals surface area contributed by atoms with Crippen molar-refractivity contribution in [2.24, 2.45) is 0 Å². The van der Waals surface area contributed by atoms with E-state index >= 15 is 0 Å². The Morgan fingerprint density at radius 2 is 1.62 bits per heavy atom. The Balaban J connectivity index is 1.48. The maximum absolute atomic E-state index is 11.5. The van der Waals surface area contributed by atoms with Gasteiger partial charge in [-0.15, -0.1) is 0 Å². The van der Waals surface area contributed by atoms with Gasteiger partial charge in [-0.2, -0.15) is 0 Å². The molecule has 29 heavy (non-hydrogen) atoms. The molecule has 5 heteroatoms. The van der Waals surface area contributed by atoms with E-state index in [4.69, 9.17) is 21.1 Å². The van der Waals surface area contributed by atoms with Crippen molar-refractivity contribution >= 4 is 28.8 Å². The number of hydrogen-bond donors (Lipinski definition) is 0. The Morgan fingerprint density at radius 1 is 0.931 bits per heavy atom. The van der Waals surface area contributed by atoms with Gasteiger partial charge in [-0.1, -0.05) is 35.9 Å². The van der Waals surface area contributed by atoms with Crippen molar-refractivity contribution in [1.29, 1.82) is 0 Å². The van der Waals surface area contributed by atoms with E-state index < -0.39 is 0 Å². The number of aromatic nitrogens is 1. The van der Waals surface area contributed by atoms with Crippen LogP contribution < -0.4 is 9.47 Å². The van der Waals surface area contributed by atoms with Gasteiger partial charge in [0, 0.05) is 34.2 Å². The highest BCUT2D eigenvalue weighted by Gasteiger charge is 2.10. The van der Waals surface area contributed by atoms with Crippen LogP contribution in [0.5, 0.6) is 11.5 Å². The Labute approximate surface area is 174 Å². The smallest absolute Gasteiger partial charge is 0.152 e. The summed E-state index contributed by atoms with van der Waals surface area (Å²) in [6.45, 7) is 1.15. The first-order valence-electron chi connectivity index (χ1n) is 9.24. The molecule has 0 saturated heterocycles. The summed E-state index contributed by atoms with van der Waals surface area (Å²) in [6.07, 6.45) is 2.76. The molecular weight excluding hydrogens is 386 g/mol. The number of benzene rings is 3. The highest BCUT2D eigenvalue weighted by atomic mass is 35.5. The molecular formula is C24H20ClNO3. The Bertz CT molecular complexity index is 1130. The third-order valence-electron chi connectivity index (χ3n) is 4.84. The highest BCUT2D eigenvalue weighted by molar-refractivity contribution is 6.30. The van der Waals surface area contributed by atoms with Gasteiger partial charge in [-0.25, -0.2) is 0 Å². The first-order chi connectivity index (χ1) is 14.2. The zero-order valence-corrected chi connectivity index (χ0v) is 16.7. The number of ether oxygens (including phenoxy) is 2. The van der Waals surface area contributed by atoms with Crippen LogP contribution in [0, 0.1) is 0 Å². The van der Waals surface area contributed by atoms with Crippen LogP contribution in [-0.4, -0.2) is 18.0 Å². The molecule has 0 spiro atoms. The van der Waals surface area contributed by atoms with Crippen molar-refractivity contribution in [3.05, 3.63) is 94.6 Å². The molecule has 4 nitrogen and oxygen atoms in total. The van der Waals surface area contributed by atoms with Gasteiger partial charge >= 0.3 is 0 Å². The number of hydrogen-bond acceptors (Lipinski definition) is 3.